The Kier molecular flexibility index (Phi) is 11.6. The van der Waals surface area contributed by atoms with E-state index in [1.807, 2.05) is 72.4 Å². The van der Waals surface area contributed by atoms with Crippen molar-refractivity contribution >= 4 is 17.7 Å². The van der Waals surface area contributed by atoms with Crippen molar-refractivity contribution in [2.24, 2.45) is 0 Å². The number of hydrogen-bond donors (Lipinski definition) is 1. The normalized spacial score (nSPS) is 10.8. The van der Waals surface area contributed by atoms with Crippen molar-refractivity contribution < 1.29 is 19.0 Å². The van der Waals surface area contributed by atoms with Gasteiger partial charge >= 0.3 is 0 Å². The molecule has 222 valence electrons. The first-order valence-electron chi connectivity index (χ1n) is 14.4. The molecule has 0 aromatic heterocycles. The minimum absolute atomic E-state index is 0.0205. The molecule has 43 heavy (non-hydrogen) atoms. The quantitative estimate of drug-likeness (QED) is 0.128. The van der Waals surface area contributed by atoms with E-state index >= 15 is 0 Å². The minimum Gasteiger partial charge on any atom is -0.497 e. The zero-order valence-electron chi connectivity index (χ0n) is 25.3. The Labute approximate surface area is 260 Å². The summed E-state index contributed by atoms with van der Waals surface area (Å²) < 4.78 is 16.1. The van der Waals surface area contributed by atoms with Crippen LogP contribution in [0.15, 0.2) is 97.1 Å². The lowest BCUT2D eigenvalue weighted by molar-refractivity contribution is -0.121. The van der Waals surface area contributed by atoms with Crippen molar-refractivity contribution in [1.29, 1.82) is 0 Å². The van der Waals surface area contributed by atoms with E-state index < -0.39 is 4.75 Å². The maximum atomic E-state index is 12.4. The Hall–Kier alpha value is -4.34. The minimum atomic E-state index is -0.519. The van der Waals surface area contributed by atoms with E-state index in [4.69, 9.17) is 14.2 Å². The summed E-state index contributed by atoms with van der Waals surface area (Å²) in [5.74, 6) is 9.74. The molecule has 0 fully saturated rings. The first-order valence-corrected chi connectivity index (χ1v) is 15.4. The van der Waals surface area contributed by atoms with Crippen molar-refractivity contribution in [2.45, 2.75) is 37.5 Å². The fraction of sp³-hybridized carbons (Fsp3) is 0.270. The van der Waals surface area contributed by atoms with Crippen molar-refractivity contribution in [3.8, 4) is 29.1 Å². The Bertz CT molecular complexity index is 1480. The summed E-state index contributed by atoms with van der Waals surface area (Å²) in [5.41, 5.74) is 5.22. The summed E-state index contributed by atoms with van der Waals surface area (Å²) in [7, 11) is 5.01. The number of thioether (sulfide) groups is 1. The Morgan fingerprint density at radius 2 is 1.40 bits per heavy atom. The molecule has 5 nitrogen and oxygen atoms in total. The molecule has 0 atom stereocenters. The number of hydrogen-bond acceptors (Lipinski definition) is 5. The standard InChI is InChI=1S/C37H39NO4S/c1-5-25-43-37(30-15-20-33(40-2)21-16-30,31-17-22-34(41-3)23-18-31)32-19-24-35(42-4)29(26-32)13-9-10-14-36(39)38-27-28-11-7-6-8-12-28/h6-8,11-12,15-24,26H,5,10,14,25,27H2,1-4H3,(H,38,39). The van der Waals surface area contributed by atoms with Crippen molar-refractivity contribution in [2.75, 3.05) is 27.1 Å². The smallest absolute Gasteiger partial charge is 0.221 e. The highest BCUT2D eigenvalue weighted by Gasteiger charge is 2.37. The molecule has 1 N–H and O–H groups in total. The molecule has 0 radical (unpaired) electrons. The Morgan fingerprint density at radius 1 is 0.791 bits per heavy atom. The maximum Gasteiger partial charge on any atom is 0.221 e. The molecule has 0 aliphatic rings. The van der Waals surface area contributed by atoms with Gasteiger partial charge < -0.3 is 19.5 Å². The highest BCUT2D eigenvalue weighted by Crippen LogP contribution is 2.50. The molecular formula is C37H39NO4S. The molecule has 4 aromatic rings. The zero-order valence-corrected chi connectivity index (χ0v) is 26.1. The lowest BCUT2D eigenvalue weighted by Crippen LogP contribution is -2.26. The number of ether oxygens (including phenoxy) is 3. The van der Waals surface area contributed by atoms with E-state index in [1.54, 1.807) is 21.3 Å². The highest BCUT2D eigenvalue weighted by molar-refractivity contribution is 8.00. The van der Waals surface area contributed by atoms with Crippen LogP contribution in [0.1, 0.15) is 54.0 Å². The van der Waals surface area contributed by atoms with Gasteiger partial charge in [-0.05, 0) is 70.8 Å². The van der Waals surface area contributed by atoms with Crippen LogP contribution in [-0.4, -0.2) is 33.0 Å². The number of methoxy groups -OCH3 is 3. The highest BCUT2D eigenvalue weighted by atomic mass is 32.2. The first kappa shape index (κ1) is 31.6. The van der Waals surface area contributed by atoms with Gasteiger partial charge in [-0.1, -0.05) is 79.4 Å². The summed E-state index contributed by atoms with van der Waals surface area (Å²) in [6.07, 6.45) is 1.80. The third-order valence-electron chi connectivity index (χ3n) is 7.15. The summed E-state index contributed by atoms with van der Waals surface area (Å²) in [6.45, 7) is 2.71. The van der Waals surface area contributed by atoms with E-state index in [0.29, 0.717) is 25.1 Å². The molecule has 0 heterocycles. The maximum absolute atomic E-state index is 12.4. The van der Waals surface area contributed by atoms with Crippen LogP contribution in [-0.2, 0) is 16.1 Å². The second kappa shape index (κ2) is 15.8. The van der Waals surface area contributed by atoms with E-state index in [0.717, 1.165) is 51.5 Å². The second-order valence-corrected chi connectivity index (χ2v) is 11.3. The van der Waals surface area contributed by atoms with Gasteiger partial charge in [0.25, 0.3) is 0 Å². The van der Waals surface area contributed by atoms with E-state index in [-0.39, 0.29) is 5.91 Å². The fourth-order valence-electron chi connectivity index (χ4n) is 4.90. The van der Waals surface area contributed by atoms with Crippen LogP contribution >= 0.6 is 11.8 Å². The third kappa shape index (κ3) is 7.94. The number of carbonyl (C=O) groups excluding carboxylic acids is 1. The van der Waals surface area contributed by atoms with Crippen LogP contribution < -0.4 is 19.5 Å². The van der Waals surface area contributed by atoms with E-state index in [1.165, 1.54) is 0 Å². The number of carbonyl (C=O) groups is 1. The molecule has 4 rings (SSSR count). The van der Waals surface area contributed by atoms with Gasteiger partial charge in [0.1, 0.15) is 17.2 Å². The molecule has 4 aromatic carbocycles. The average molecular weight is 594 g/mol. The third-order valence-corrected chi connectivity index (χ3v) is 8.91. The average Bonchev–Trinajstić information content (AvgIpc) is 3.07. The van der Waals surface area contributed by atoms with Gasteiger partial charge in [-0.25, -0.2) is 0 Å². The lowest BCUT2D eigenvalue weighted by atomic mass is 9.83. The van der Waals surface area contributed by atoms with Crippen LogP contribution in [0.25, 0.3) is 0 Å². The topological polar surface area (TPSA) is 56.8 Å². The van der Waals surface area contributed by atoms with Gasteiger partial charge in [-0.15, -0.1) is 11.8 Å². The summed E-state index contributed by atoms with van der Waals surface area (Å²) in [6, 6.07) is 32.7. The van der Waals surface area contributed by atoms with Gasteiger partial charge in [0.15, 0.2) is 0 Å². The van der Waals surface area contributed by atoms with Crippen LogP contribution in [0.3, 0.4) is 0 Å². The van der Waals surface area contributed by atoms with Gasteiger partial charge in [-0.2, -0.15) is 0 Å². The first-order chi connectivity index (χ1) is 21.0. The predicted octanol–water partition coefficient (Wildman–Crippen LogP) is 7.60. The van der Waals surface area contributed by atoms with Crippen LogP contribution in [0.2, 0.25) is 0 Å². The van der Waals surface area contributed by atoms with E-state index in [9.17, 15) is 4.79 Å². The molecule has 0 aliphatic carbocycles. The molecular weight excluding hydrogens is 554 g/mol. The zero-order chi connectivity index (χ0) is 30.5. The SMILES string of the molecule is CCCSC(c1ccc(OC)cc1)(c1ccc(OC)cc1)c1ccc(OC)c(C#CCCC(=O)NCc2ccccc2)c1. The van der Waals surface area contributed by atoms with Gasteiger partial charge in [0.2, 0.25) is 5.91 Å². The Balaban J connectivity index is 1.68. The number of nitrogens with one attached hydrogen (secondary N) is 1. The van der Waals surface area contributed by atoms with Gasteiger partial charge in [0, 0.05) is 19.4 Å². The summed E-state index contributed by atoms with van der Waals surface area (Å²) in [4.78, 5) is 12.4. The molecule has 0 saturated carbocycles. The van der Waals surface area contributed by atoms with Crippen LogP contribution in [0.5, 0.6) is 17.2 Å². The van der Waals surface area contributed by atoms with E-state index in [2.05, 4.69) is 60.5 Å². The Morgan fingerprint density at radius 3 is 1.95 bits per heavy atom. The van der Waals surface area contributed by atoms with Crippen molar-refractivity contribution in [3.05, 3.63) is 125 Å². The monoisotopic (exact) mass is 593 g/mol. The fourth-order valence-corrected chi connectivity index (χ4v) is 6.31. The molecule has 0 spiro atoms. The number of rotatable bonds is 13. The van der Waals surface area contributed by atoms with Crippen LogP contribution in [0.4, 0.5) is 0 Å². The molecule has 0 aliphatic heterocycles. The van der Waals surface area contributed by atoms with Crippen molar-refractivity contribution in [3.63, 3.8) is 0 Å². The number of amides is 1. The predicted molar refractivity (Wildman–Crippen MR) is 176 cm³/mol. The van der Waals surface area contributed by atoms with Crippen molar-refractivity contribution in [1.82, 2.24) is 5.32 Å². The summed E-state index contributed by atoms with van der Waals surface area (Å²) >= 11 is 1.89. The lowest BCUT2D eigenvalue weighted by Gasteiger charge is -2.36. The van der Waals surface area contributed by atoms with Crippen LogP contribution in [0, 0.1) is 11.8 Å². The largest absolute Gasteiger partial charge is 0.497 e. The second-order valence-electron chi connectivity index (χ2n) is 9.97. The molecule has 6 heteroatoms. The summed E-state index contributed by atoms with van der Waals surface area (Å²) in [5, 5.41) is 2.97. The molecule has 1 amide bonds. The molecule has 0 unspecified atom stereocenters. The molecule has 0 bridgehead atoms. The van der Waals surface area contributed by atoms with Gasteiger partial charge in [0.05, 0.1) is 31.6 Å². The van der Waals surface area contributed by atoms with Gasteiger partial charge in [-0.3, -0.25) is 4.79 Å². The number of benzene rings is 4. The molecule has 0 saturated heterocycles.